The molecule has 1 rings (SSSR count). The standard InChI is InChI=1S/C15H19N3O2/c1-3-4-11(2)13-6-5-12(8-16)7-14(13)18(10-17)9-15(19)20/h5-7H,2-4,9-10,17H2,1H3,(H,19,20). The van der Waals surface area contributed by atoms with Crippen molar-refractivity contribution in [1.82, 2.24) is 0 Å². The summed E-state index contributed by atoms with van der Waals surface area (Å²) >= 11 is 0. The SMILES string of the molecule is C=C(CCC)c1ccc(C#N)cc1N(CN)CC(=O)O. The van der Waals surface area contributed by atoms with Crippen LogP contribution in [0.2, 0.25) is 0 Å². The third kappa shape index (κ3) is 3.84. The quantitative estimate of drug-likeness (QED) is 0.743. The van der Waals surface area contributed by atoms with E-state index in [-0.39, 0.29) is 13.2 Å². The molecule has 1 aromatic rings. The van der Waals surface area contributed by atoms with E-state index in [1.165, 1.54) is 4.90 Å². The van der Waals surface area contributed by atoms with E-state index >= 15 is 0 Å². The van der Waals surface area contributed by atoms with Crippen LogP contribution in [0.1, 0.15) is 30.9 Å². The fourth-order valence-corrected chi connectivity index (χ4v) is 2.01. The van der Waals surface area contributed by atoms with Gasteiger partial charge in [-0.05, 0) is 24.1 Å². The van der Waals surface area contributed by atoms with Crippen molar-refractivity contribution in [2.45, 2.75) is 19.8 Å². The highest BCUT2D eigenvalue weighted by molar-refractivity contribution is 5.80. The first-order valence-electron chi connectivity index (χ1n) is 6.42. The number of carboxylic acids is 1. The number of hydrogen-bond acceptors (Lipinski definition) is 4. The molecule has 1 aromatic carbocycles. The van der Waals surface area contributed by atoms with E-state index in [0.717, 1.165) is 24.0 Å². The predicted octanol–water partition coefficient (Wildman–Crippen LogP) is 2.18. The van der Waals surface area contributed by atoms with Crippen LogP contribution in [0, 0.1) is 11.3 Å². The van der Waals surface area contributed by atoms with Gasteiger partial charge in [0.1, 0.15) is 6.54 Å². The number of benzene rings is 1. The van der Waals surface area contributed by atoms with Gasteiger partial charge in [0.25, 0.3) is 0 Å². The van der Waals surface area contributed by atoms with E-state index in [1.807, 2.05) is 6.92 Å². The minimum absolute atomic E-state index is 0.0631. The average Bonchev–Trinajstić information content (AvgIpc) is 2.44. The van der Waals surface area contributed by atoms with Crippen LogP contribution in [0.15, 0.2) is 24.8 Å². The molecule has 0 saturated carbocycles. The Morgan fingerprint density at radius 2 is 2.25 bits per heavy atom. The van der Waals surface area contributed by atoms with Gasteiger partial charge in [0, 0.05) is 11.3 Å². The Kier molecular flexibility index (Phi) is 5.75. The largest absolute Gasteiger partial charge is 0.480 e. The number of nitrogens with two attached hydrogens (primary N) is 1. The number of carbonyl (C=O) groups is 1. The summed E-state index contributed by atoms with van der Waals surface area (Å²) in [5, 5.41) is 17.9. The molecule has 20 heavy (non-hydrogen) atoms. The topological polar surface area (TPSA) is 90.4 Å². The zero-order chi connectivity index (χ0) is 15.1. The third-order valence-corrected chi connectivity index (χ3v) is 2.95. The van der Waals surface area contributed by atoms with Gasteiger partial charge in [-0.25, -0.2) is 0 Å². The van der Waals surface area contributed by atoms with E-state index in [4.69, 9.17) is 16.1 Å². The van der Waals surface area contributed by atoms with Crippen LogP contribution < -0.4 is 10.6 Å². The number of carboxylic acid groups (broad SMARTS) is 1. The number of hydrogen-bond donors (Lipinski definition) is 2. The molecule has 0 saturated heterocycles. The molecule has 0 radical (unpaired) electrons. The second-order valence-corrected chi connectivity index (χ2v) is 4.47. The maximum Gasteiger partial charge on any atom is 0.323 e. The van der Waals surface area contributed by atoms with E-state index in [9.17, 15) is 4.79 Å². The van der Waals surface area contributed by atoms with Crippen molar-refractivity contribution in [2.75, 3.05) is 18.1 Å². The second kappa shape index (κ2) is 7.31. The monoisotopic (exact) mass is 273 g/mol. The summed E-state index contributed by atoms with van der Waals surface area (Å²) in [6, 6.07) is 7.22. The van der Waals surface area contributed by atoms with Crippen molar-refractivity contribution in [3.63, 3.8) is 0 Å². The number of nitrogens with zero attached hydrogens (tertiary/aromatic N) is 2. The van der Waals surface area contributed by atoms with Crippen LogP contribution in [0.5, 0.6) is 0 Å². The number of allylic oxidation sites excluding steroid dienone is 1. The lowest BCUT2D eigenvalue weighted by molar-refractivity contribution is -0.135. The van der Waals surface area contributed by atoms with E-state index in [0.29, 0.717) is 11.3 Å². The Morgan fingerprint density at radius 3 is 2.75 bits per heavy atom. The molecule has 0 spiro atoms. The van der Waals surface area contributed by atoms with Gasteiger partial charge in [0.05, 0.1) is 18.3 Å². The number of rotatable bonds is 7. The molecule has 0 fully saturated rings. The Bertz CT molecular complexity index is 547. The third-order valence-electron chi connectivity index (χ3n) is 2.95. The van der Waals surface area contributed by atoms with Crippen LogP contribution in [0.3, 0.4) is 0 Å². The maximum absolute atomic E-state index is 10.9. The van der Waals surface area contributed by atoms with Gasteiger partial charge in [-0.2, -0.15) is 5.26 Å². The highest BCUT2D eigenvalue weighted by Gasteiger charge is 2.15. The maximum atomic E-state index is 10.9. The van der Waals surface area contributed by atoms with Crippen molar-refractivity contribution in [3.05, 3.63) is 35.9 Å². The molecular formula is C15H19N3O2. The fourth-order valence-electron chi connectivity index (χ4n) is 2.01. The van der Waals surface area contributed by atoms with Gasteiger partial charge >= 0.3 is 5.97 Å². The molecule has 3 N–H and O–H groups in total. The van der Waals surface area contributed by atoms with Crippen molar-refractivity contribution < 1.29 is 9.90 Å². The summed E-state index contributed by atoms with van der Waals surface area (Å²) in [5.41, 5.74) is 8.51. The average molecular weight is 273 g/mol. The molecule has 0 heterocycles. The fraction of sp³-hybridized carbons (Fsp3) is 0.333. The van der Waals surface area contributed by atoms with Gasteiger partial charge in [-0.1, -0.05) is 26.0 Å². The van der Waals surface area contributed by atoms with Gasteiger partial charge in [-0.3, -0.25) is 4.79 Å². The molecule has 0 atom stereocenters. The predicted molar refractivity (Wildman–Crippen MR) is 79.1 cm³/mol. The first-order valence-corrected chi connectivity index (χ1v) is 6.42. The summed E-state index contributed by atoms with van der Waals surface area (Å²) in [7, 11) is 0. The molecule has 0 bridgehead atoms. The zero-order valence-corrected chi connectivity index (χ0v) is 11.6. The summed E-state index contributed by atoms with van der Waals surface area (Å²) in [4.78, 5) is 12.4. The zero-order valence-electron chi connectivity index (χ0n) is 11.6. The van der Waals surface area contributed by atoms with Crippen molar-refractivity contribution in [2.24, 2.45) is 5.73 Å². The Morgan fingerprint density at radius 1 is 1.55 bits per heavy atom. The highest BCUT2D eigenvalue weighted by Crippen LogP contribution is 2.29. The number of aliphatic carboxylic acids is 1. The smallest absolute Gasteiger partial charge is 0.323 e. The Hall–Kier alpha value is -2.32. The molecular weight excluding hydrogens is 254 g/mol. The van der Waals surface area contributed by atoms with E-state index in [2.05, 4.69) is 12.6 Å². The lowest BCUT2D eigenvalue weighted by Gasteiger charge is -2.24. The highest BCUT2D eigenvalue weighted by atomic mass is 16.4. The van der Waals surface area contributed by atoms with Crippen LogP contribution in [-0.2, 0) is 4.79 Å². The molecule has 106 valence electrons. The van der Waals surface area contributed by atoms with Crippen LogP contribution in [0.25, 0.3) is 5.57 Å². The first-order chi connectivity index (χ1) is 9.53. The molecule has 0 aromatic heterocycles. The van der Waals surface area contributed by atoms with Gasteiger partial charge in [0.15, 0.2) is 0 Å². The molecule has 5 heteroatoms. The number of anilines is 1. The van der Waals surface area contributed by atoms with Gasteiger partial charge in [0.2, 0.25) is 0 Å². The molecule has 0 aliphatic heterocycles. The van der Waals surface area contributed by atoms with E-state index < -0.39 is 5.97 Å². The van der Waals surface area contributed by atoms with Crippen molar-refractivity contribution in [1.29, 1.82) is 5.26 Å². The van der Waals surface area contributed by atoms with E-state index in [1.54, 1.807) is 18.2 Å². The Balaban J connectivity index is 3.27. The lowest BCUT2D eigenvalue weighted by atomic mass is 9.99. The molecule has 0 aliphatic rings. The summed E-state index contributed by atoms with van der Waals surface area (Å²) in [5.74, 6) is -0.968. The van der Waals surface area contributed by atoms with Crippen molar-refractivity contribution in [3.8, 4) is 6.07 Å². The molecule has 5 nitrogen and oxygen atoms in total. The van der Waals surface area contributed by atoms with Crippen LogP contribution in [0.4, 0.5) is 5.69 Å². The minimum Gasteiger partial charge on any atom is -0.480 e. The van der Waals surface area contributed by atoms with Gasteiger partial charge in [-0.15, -0.1) is 0 Å². The molecule has 0 aliphatic carbocycles. The summed E-state index contributed by atoms with van der Waals surface area (Å²) < 4.78 is 0. The Labute approximate surface area is 118 Å². The first kappa shape index (κ1) is 15.7. The number of nitriles is 1. The molecule has 0 amide bonds. The second-order valence-electron chi connectivity index (χ2n) is 4.47. The minimum atomic E-state index is -0.968. The van der Waals surface area contributed by atoms with Crippen LogP contribution in [-0.4, -0.2) is 24.3 Å². The normalized spacial score (nSPS) is 9.85. The van der Waals surface area contributed by atoms with Gasteiger partial charge < -0.3 is 15.7 Å². The summed E-state index contributed by atoms with van der Waals surface area (Å²) in [6.07, 6.45) is 1.75. The summed E-state index contributed by atoms with van der Waals surface area (Å²) in [6.45, 7) is 5.93. The lowest BCUT2D eigenvalue weighted by Crippen LogP contribution is -2.35. The van der Waals surface area contributed by atoms with Crippen molar-refractivity contribution >= 4 is 17.2 Å². The van der Waals surface area contributed by atoms with Crippen LogP contribution >= 0.6 is 0 Å². The molecule has 0 unspecified atom stereocenters.